The fourth-order valence-corrected chi connectivity index (χ4v) is 5.68. The minimum Gasteiger partial charge on any atom is -0.343 e. The van der Waals surface area contributed by atoms with Crippen LogP contribution in [0, 0.1) is 0 Å². The Morgan fingerprint density at radius 2 is 1.91 bits per heavy atom. The first-order chi connectivity index (χ1) is 15.2. The summed E-state index contributed by atoms with van der Waals surface area (Å²) in [4.78, 5) is 13.3. The molecule has 0 radical (unpaired) electrons. The number of nitrogens with zero attached hydrogens (tertiary/aromatic N) is 1. The molecular formula is C22H21BrN4O3S2. The van der Waals surface area contributed by atoms with E-state index in [1.54, 1.807) is 41.0 Å². The number of fused-ring (bicyclic) bond motifs is 1. The summed E-state index contributed by atoms with van der Waals surface area (Å²) in [7, 11) is -3.96. The van der Waals surface area contributed by atoms with Crippen LogP contribution in [0.1, 0.15) is 29.8 Å². The van der Waals surface area contributed by atoms with E-state index in [0.29, 0.717) is 10.2 Å². The van der Waals surface area contributed by atoms with Crippen molar-refractivity contribution < 1.29 is 13.2 Å². The molecular weight excluding hydrogens is 512 g/mol. The Kier molecular flexibility index (Phi) is 6.11. The number of carbonyl (C=O) groups excluding carboxylic acids is 1. The topological polar surface area (TPSA) is 90.5 Å². The number of amides is 1. The van der Waals surface area contributed by atoms with Crippen LogP contribution in [0.2, 0.25) is 0 Å². The van der Waals surface area contributed by atoms with Crippen molar-refractivity contribution in [2.24, 2.45) is 0 Å². The molecule has 2 aliphatic rings. The van der Waals surface area contributed by atoms with Gasteiger partial charge in [-0.25, -0.2) is 8.42 Å². The van der Waals surface area contributed by atoms with Gasteiger partial charge in [0.2, 0.25) is 0 Å². The number of anilines is 1. The first-order valence-electron chi connectivity index (χ1n) is 9.68. The summed E-state index contributed by atoms with van der Waals surface area (Å²) in [6.45, 7) is 3.79. The van der Waals surface area contributed by atoms with Crippen LogP contribution in [0.25, 0.3) is 0 Å². The van der Waals surface area contributed by atoms with Crippen molar-refractivity contribution in [1.82, 2.24) is 14.3 Å². The van der Waals surface area contributed by atoms with E-state index >= 15 is 0 Å². The van der Waals surface area contributed by atoms with Crippen LogP contribution in [0.4, 0.5) is 5.69 Å². The van der Waals surface area contributed by atoms with Gasteiger partial charge in [-0.05, 0) is 49.8 Å². The van der Waals surface area contributed by atoms with Gasteiger partial charge >= 0.3 is 0 Å². The molecule has 0 fully saturated rings. The molecule has 2 aliphatic heterocycles. The molecule has 0 bridgehead atoms. The number of benzene rings is 2. The van der Waals surface area contributed by atoms with E-state index in [0.717, 1.165) is 5.56 Å². The van der Waals surface area contributed by atoms with Gasteiger partial charge in [0.25, 0.3) is 15.9 Å². The van der Waals surface area contributed by atoms with Crippen molar-refractivity contribution in [2.45, 2.75) is 19.4 Å². The zero-order chi connectivity index (χ0) is 22.9. The second-order valence-electron chi connectivity index (χ2n) is 7.68. The second kappa shape index (κ2) is 8.68. The third-order valence-electron chi connectivity index (χ3n) is 4.99. The van der Waals surface area contributed by atoms with Crippen LogP contribution >= 0.6 is 28.1 Å². The molecule has 0 saturated heterocycles. The molecule has 2 heterocycles. The molecule has 3 N–H and O–H groups in total. The lowest BCUT2D eigenvalue weighted by Gasteiger charge is -2.27. The van der Waals surface area contributed by atoms with Crippen molar-refractivity contribution in [3.8, 4) is 0 Å². The van der Waals surface area contributed by atoms with E-state index in [1.807, 2.05) is 44.2 Å². The van der Waals surface area contributed by atoms with E-state index in [-0.39, 0.29) is 22.1 Å². The highest BCUT2D eigenvalue weighted by molar-refractivity contribution is 9.10. The highest BCUT2D eigenvalue weighted by Gasteiger charge is 2.31. The lowest BCUT2D eigenvalue weighted by molar-refractivity contribution is 0.0913. The van der Waals surface area contributed by atoms with Gasteiger partial charge in [0.1, 0.15) is 4.91 Å². The Hall–Kier alpha value is -2.69. The molecule has 10 heteroatoms. The highest BCUT2D eigenvalue weighted by atomic mass is 79.9. The predicted octanol–water partition coefficient (Wildman–Crippen LogP) is 4.58. The minimum atomic E-state index is -3.96. The summed E-state index contributed by atoms with van der Waals surface area (Å²) >= 11 is 4.63. The van der Waals surface area contributed by atoms with E-state index in [9.17, 15) is 13.2 Å². The fraction of sp³-hybridized carbons (Fsp3) is 0.136. The molecule has 0 atom stereocenters. The van der Waals surface area contributed by atoms with E-state index in [4.69, 9.17) is 0 Å². The number of allylic oxidation sites excluding steroid dienone is 2. The first kappa shape index (κ1) is 22.5. The lowest BCUT2D eigenvalue weighted by atomic mass is 9.94. The monoisotopic (exact) mass is 532 g/mol. The van der Waals surface area contributed by atoms with Crippen LogP contribution < -0.4 is 14.8 Å². The van der Waals surface area contributed by atoms with E-state index < -0.39 is 15.6 Å². The Bertz CT molecular complexity index is 1260. The smallest absolute Gasteiger partial charge is 0.264 e. The maximum Gasteiger partial charge on any atom is 0.264 e. The molecule has 0 aromatic heterocycles. The molecule has 0 spiro atoms. The molecule has 0 saturated carbocycles. The Labute approximate surface area is 200 Å². The van der Waals surface area contributed by atoms with Crippen LogP contribution in [0.15, 0.2) is 88.2 Å². The van der Waals surface area contributed by atoms with Crippen LogP contribution in [0.5, 0.6) is 0 Å². The average Bonchev–Trinajstić information content (AvgIpc) is 3.22. The van der Waals surface area contributed by atoms with Gasteiger partial charge in [-0.3, -0.25) is 13.8 Å². The average molecular weight is 533 g/mol. The van der Waals surface area contributed by atoms with Crippen LogP contribution in [-0.4, -0.2) is 18.6 Å². The molecule has 32 heavy (non-hydrogen) atoms. The van der Waals surface area contributed by atoms with Gasteiger partial charge in [-0.2, -0.15) is 0 Å². The van der Waals surface area contributed by atoms with Gasteiger partial charge in [-0.1, -0.05) is 46.3 Å². The zero-order valence-electron chi connectivity index (χ0n) is 17.3. The Morgan fingerprint density at radius 1 is 1.16 bits per heavy atom. The number of halogens is 1. The molecule has 1 amide bonds. The van der Waals surface area contributed by atoms with Crippen LogP contribution in [0.3, 0.4) is 0 Å². The zero-order valence-corrected chi connectivity index (χ0v) is 20.5. The van der Waals surface area contributed by atoms with Gasteiger partial charge in [-0.15, -0.1) is 0 Å². The maximum absolute atomic E-state index is 13.2. The van der Waals surface area contributed by atoms with Gasteiger partial charge in [0, 0.05) is 16.9 Å². The number of carbonyl (C=O) groups is 1. The lowest BCUT2D eigenvalue weighted by Crippen LogP contribution is -2.41. The summed E-state index contributed by atoms with van der Waals surface area (Å²) in [6.07, 6.45) is 6.56. The van der Waals surface area contributed by atoms with Crippen molar-refractivity contribution >= 4 is 49.7 Å². The highest BCUT2D eigenvalue weighted by Crippen LogP contribution is 2.34. The fourth-order valence-electron chi connectivity index (χ4n) is 3.34. The molecule has 0 aliphatic carbocycles. The Morgan fingerprint density at radius 3 is 2.66 bits per heavy atom. The summed E-state index contributed by atoms with van der Waals surface area (Å²) in [6, 6.07) is 14.5. The van der Waals surface area contributed by atoms with Crippen molar-refractivity contribution in [2.75, 3.05) is 4.72 Å². The largest absolute Gasteiger partial charge is 0.343 e. The molecule has 2 aromatic rings. The van der Waals surface area contributed by atoms with Gasteiger partial charge in [0.15, 0.2) is 0 Å². The molecule has 2 aromatic carbocycles. The number of hydrogen-bond acceptors (Lipinski definition) is 6. The summed E-state index contributed by atoms with van der Waals surface area (Å²) < 4.78 is 34.3. The first-order valence-corrected chi connectivity index (χ1v) is 12.7. The van der Waals surface area contributed by atoms with E-state index in [2.05, 4.69) is 30.7 Å². The van der Waals surface area contributed by atoms with Gasteiger partial charge in [0.05, 0.1) is 34.6 Å². The quantitative estimate of drug-likeness (QED) is 0.472. The Balaban J connectivity index is 1.63. The number of hydrogen-bond donors (Lipinski definition) is 3. The normalized spacial score (nSPS) is 15.4. The minimum absolute atomic E-state index is 0.105. The summed E-state index contributed by atoms with van der Waals surface area (Å²) in [5.74, 6) is -0.388. The number of rotatable bonds is 6. The van der Waals surface area contributed by atoms with Crippen molar-refractivity contribution in [3.63, 3.8) is 0 Å². The summed E-state index contributed by atoms with van der Waals surface area (Å²) in [5, 5.41) is 3.00. The standard InChI is InChI=1S/C22H21BrN4O3S2/c1-22(2,15-7-4-3-5-8-15)25-21(28)17-11-10-16(23)13-18(17)26-32(29,30)20-9-6-12-27-19(20)14-24-31-27/h3-14,24,26H,1-2H3,(H,25,28). The van der Waals surface area contributed by atoms with Crippen LogP contribution in [-0.2, 0) is 15.6 Å². The molecule has 0 unspecified atom stereocenters. The number of nitrogens with one attached hydrogen (secondary N) is 3. The third-order valence-corrected chi connectivity index (χ3v) is 7.63. The predicted molar refractivity (Wildman–Crippen MR) is 131 cm³/mol. The second-order valence-corrected chi connectivity index (χ2v) is 11.1. The van der Waals surface area contributed by atoms with Crippen molar-refractivity contribution in [3.05, 3.63) is 99.3 Å². The van der Waals surface area contributed by atoms with E-state index in [1.165, 1.54) is 18.2 Å². The molecule has 7 nitrogen and oxygen atoms in total. The van der Waals surface area contributed by atoms with Crippen molar-refractivity contribution in [1.29, 1.82) is 0 Å². The van der Waals surface area contributed by atoms with Gasteiger partial charge < -0.3 is 10.0 Å². The molecule has 4 rings (SSSR count). The molecule has 166 valence electrons. The summed E-state index contributed by atoms with van der Waals surface area (Å²) in [5.41, 5.74) is 1.19. The SMILES string of the molecule is CC(C)(NC(=O)c1ccc(Br)cc1NS(=O)(=O)C1=CC=CN2SNC=C12)c1ccccc1. The maximum atomic E-state index is 13.2. The third kappa shape index (κ3) is 4.57. The number of sulfonamides is 1.